The molecule has 5 heterocycles. The minimum Gasteiger partial charge on any atom is -0.458 e. The largest absolute Gasteiger partial charge is 0.458 e. The van der Waals surface area contributed by atoms with Crippen molar-refractivity contribution >= 4 is 83.6 Å². The summed E-state index contributed by atoms with van der Waals surface area (Å²) < 4.78 is 195. The van der Waals surface area contributed by atoms with Gasteiger partial charge in [-0.2, -0.15) is 0 Å². The summed E-state index contributed by atoms with van der Waals surface area (Å²) in [6.07, 6.45) is 7.57. The van der Waals surface area contributed by atoms with Crippen molar-refractivity contribution in [3.05, 3.63) is 332 Å². The molecule has 0 N–H and O–H groups in total. The Bertz CT molecular complexity index is 7320. The minimum absolute atomic E-state index is 0.0177. The van der Waals surface area contributed by atoms with Crippen molar-refractivity contribution < 1.29 is 38.4 Å². The lowest BCUT2D eigenvalue weighted by Crippen LogP contribution is -2.74. The number of hydrogen-bond donors (Lipinski definition) is 0. The Kier molecular flexibility index (Phi) is 10.5. The summed E-state index contributed by atoms with van der Waals surface area (Å²) in [4.78, 5) is 4.95. The predicted octanol–water partition coefficient (Wildman–Crippen LogP) is 21.6. The topological polar surface area (TPSA) is 49.0 Å². The van der Waals surface area contributed by atoms with Gasteiger partial charge in [-0.05, 0) is 201 Å². The number of nitrogens with zero attached hydrogens (tertiary/aromatic N) is 4. The SMILES string of the molecule is [2H]c1cc([2H])c([Si](c2c([2H])c([2H])c([2H])c([2H])c2[2H])(c2c([2H])c([2H])c([2H])c([2H])c2[2H])c2c([2H])c([2H])c([2H])c(-c3cc4c5c(c3)n(-c3cccc(Oc6ccc7c8ccccc8n(-c8cc(C(C)(C)C)ccn8)c7c6)c3)[c-][n+]5-c3c(-c5ccc6oc7ccccc7c6c5)cccc3-c3cc5c(cc3-c3ccccc3-4)C(C)(C)CCC5(C)C)c2[2H])c([2H])c1[2H]. The number of fused-ring (bicyclic) bond motifs is 14. The van der Waals surface area contributed by atoms with Crippen LogP contribution in [0.15, 0.2) is 314 Å². The van der Waals surface area contributed by atoms with E-state index in [0.717, 1.165) is 102 Å². The summed E-state index contributed by atoms with van der Waals surface area (Å²) in [6, 6.07) is 46.0. The van der Waals surface area contributed by atoms with E-state index in [0.29, 0.717) is 56.2 Å². The number of hydrogen-bond acceptors (Lipinski definition) is 3. The van der Waals surface area contributed by atoms with Gasteiger partial charge >= 0.3 is 0 Å². The first-order chi connectivity index (χ1) is 57.6. The van der Waals surface area contributed by atoms with Crippen molar-refractivity contribution in [3.8, 4) is 84.3 Å². The Morgan fingerprint density at radius 2 is 1.10 bits per heavy atom. The Hall–Kier alpha value is -11.9. The molecule has 2 aliphatic rings. The second-order valence-corrected chi connectivity index (χ2v) is 32.8. The molecule has 0 atom stereocenters. The van der Waals surface area contributed by atoms with Gasteiger partial charge in [-0.25, -0.2) is 4.98 Å². The van der Waals surface area contributed by atoms with Gasteiger partial charge in [-0.15, -0.1) is 0 Å². The summed E-state index contributed by atoms with van der Waals surface area (Å²) in [5, 5.41) is 0.462. The number of para-hydroxylation sites is 3. The number of ether oxygens (including phenoxy) is 1. The van der Waals surface area contributed by atoms with Crippen LogP contribution < -0.4 is 30.1 Å². The fourth-order valence-electron chi connectivity index (χ4n) is 15.9. The zero-order chi connectivity index (χ0) is 85.2. The lowest BCUT2D eigenvalue weighted by atomic mass is 9.62. The molecule has 19 rings (SSSR count). The number of rotatable bonds is 10. The standard InChI is InChI=1S/C96H76N4O2Si/c1-94(2,3)65-48-51-97-91(56-65)100-86-42-21-19-38-76(86)77-46-45-68(58-87(77)100)101-67-28-24-27-66(57-67)98-61-99-92-73(63-44-47-90-82(53-63)78-39-20-22-43-89(78)102-90)40-25-41-79(92)81-60-85-84(95(4,5)49-50-96(85,6)7)59-80(81)74-36-17-18-37-75(74)83-54-64(55-88(98)93(83)99)62-26-23-35-72(52-62)103(69-29-11-8-12-30-69,70-31-13-9-14-32-70)71-33-15-10-16-34-71/h8-48,51-60H,49-50H2,1-7H3/i8D,9D,10D,11D,12D,13D,14D,15D,23D,26D,29D,30D,31D,32D,33D,34D,35D,52D. The van der Waals surface area contributed by atoms with Crippen LogP contribution in [0.2, 0.25) is 0 Å². The van der Waals surface area contributed by atoms with E-state index in [1.54, 1.807) is 12.1 Å². The molecule has 0 unspecified atom stereocenters. The molecule has 7 heteroatoms. The Balaban J connectivity index is 0.958. The highest BCUT2D eigenvalue weighted by molar-refractivity contribution is 7.20. The minimum atomic E-state index is -6.17. The van der Waals surface area contributed by atoms with Crippen molar-refractivity contribution in [1.82, 2.24) is 14.1 Å². The Labute approximate surface area is 627 Å². The molecule has 0 bridgehead atoms. The van der Waals surface area contributed by atoms with Crippen molar-refractivity contribution in [2.75, 3.05) is 0 Å². The fourth-order valence-corrected chi connectivity index (χ4v) is 19.6. The predicted molar refractivity (Wildman–Crippen MR) is 428 cm³/mol. The highest BCUT2D eigenvalue weighted by atomic mass is 28.3. The summed E-state index contributed by atoms with van der Waals surface area (Å²) >= 11 is 0. The van der Waals surface area contributed by atoms with Crippen LogP contribution in [-0.2, 0) is 16.2 Å². The zero-order valence-corrected chi connectivity index (χ0v) is 58.6. The maximum absolute atomic E-state index is 11.2. The Morgan fingerprint density at radius 3 is 1.86 bits per heavy atom. The van der Waals surface area contributed by atoms with Crippen LogP contribution >= 0.6 is 0 Å². The molecule has 103 heavy (non-hydrogen) atoms. The van der Waals surface area contributed by atoms with Gasteiger partial charge in [0.1, 0.15) is 28.5 Å². The van der Waals surface area contributed by atoms with Crippen LogP contribution in [0.25, 0.3) is 128 Å². The molecular formula is C96H76N4O2Si. The molecule has 0 saturated carbocycles. The third kappa shape index (κ3) is 10.0. The summed E-state index contributed by atoms with van der Waals surface area (Å²) in [7, 11) is -6.17. The molecule has 6 nitrogen and oxygen atoms in total. The normalized spacial score (nSPS) is 16.3. The van der Waals surface area contributed by atoms with Crippen molar-refractivity contribution in [3.63, 3.8) is 0 Å². The van der Waals surface area contributed by atoms with Crippen LogP contribution in [0.4, 0.5) is 0 Å². The molecule has 1 aliphatic heterocycles. The molecule has 13 aromatic carbocycles. The van der Waals surface area contributed by atoms with Crippen LogP contribution in [0.3, 0.4) is 0 Å². The highest BCUT2D eigenvalue weighted by Crippen LogP contribution is 2.53. The van der Waals surface area contributed by atoms with Gasteiger partial charge in [0, 0.05) is 33.8 Å². The quantitative estimate of drug-likeness (QED) is 0.0593. The zero-order valence-electron chi connectivity index (χ0n) is 75.6. The number of benzene rings is 13. The maximum atomic E-state index is 11.2. The fraction of sp³-hybridized carbons (Fsp3) is 0.125. The monoisotopic (exact) mass is 1360 g/mol. The number of imidazole rings is 1. The summed E-state index contributed by atoms with van der Waals surface area (Å²) in [6.45, 7) is 15.6. The van der Waals surface area contributed by atoms with Crippen LogP contribution in [0.1, 0.15) is 103 Å². The van der Waals surface area contributed by atoms with E-state index in [1.165, 1.54) is 5.56 Å². The maximum Gasteiger partial charge on any atom is 0.269 e. The van der Waals surface area contributed by atoms with Gasteiger partial charge in [0.2, 0.25) is 0 Å². The second-order valence-electron chi connectivity index (χ2n) is 29.3. The highest BCUT2D eigenvalue weighted by Gasteiger charge is 2.43. The smallest absolute Gasteiger partial charge is 0.269 e. The lowest BCUT2D eigenvalue weighted by molar-refractivity contribution is -0.570. The molecule has 0 spiro atoms. The van der Waals surface area contributed by atoms with Crippen molar-refractivity contribution in [2.45, 2.75) is 77.6 Å². The van der Waals surface area contributed by atoms with Gasteiger partial charge in [-0.1, -0.05) is 266 Å². The van der Waals surface area contributed by atoms with E-state index >= 15 is 0 Å². The van der Waals surface area contributed by atoms with Crippen molar-refractivity contribution in [1.29, 1.82) is 0 Å². The summed E-state index contributed by atoms with van der Waals surface area (Å²) in [5.41, 5.74) is 13.7. The van der Waals surface area contributed by atoms with Gasteiger partial charge in [0.05, 0.1) is 58.1 Å². The molecule has 0 amide bonds. The first-order valence-corrected chi connectivity index (χ1v) is 36.6. The van der Waals surface area contributed by atoms with E-state index < -0.39 is 143 Å². The molecule has 4 aromatic heterocycles. The van der Waals surface area contributed by atoms with Gasteiger partial charge < -0.3 is 9.15 Å². The average Bonchev–Trinajstić information content (AvgIpc) is 1.40. The van der Waals surface area contributed by atoms with E-state index in [1.807, 2.05) is 131 Å². The van der Waals surface area contributed by atoms with E-state index in [2.05, 4.69) is 120 Å². The molecule has 0 radical (unpaired) electrons. The third-order valence-corrected chi connectivity index (χ3v) is 25.3. The molecule has 0 saturated heterocycles. The number of furan rings is 1. The van der Waals surface area contributed by atoms with E-state index in [4.69, 9.17) is 18.3 Å². The third-order valence-electron chi connectivity index (χ3n) is 21.2. The molecule has 17 aromatic rings. The first kappa shape index (κ1) is 45.8. The van der Waals surface area contributed by atoms with Crippen LogP contribution in [0, 0.1) is 6.33 Å². The van der Waals surface area contributed by atoms with Gasteiger partial charge in [0.15, 0.2) is 8.07 Å². The van der Waals surface area contributed by atoms with Crippen molar-refractivity contribution in [2.24, 2.45) is 0 Å². The molecule has 0 fully saturated rings. The van der Waals surface area contributed by atoms with Crippen LogP contribution in [0.5, 0.6) is 11.5 Å². The van der Waals surface area contributed by atoms with Gasteiger partial charge in [-0.3, -0.25) is 13.7 Å². The summed E-state index contributed by atoms with van der Waals surface area (Å²) in [5.74, 6) is 1.63. The number of pyridine rings is 1. The second kappa shape index (κ2) is 23.6. The Morgan fingerprint density at radius 1 is 0.466 bits per heavy atom. The molecular weight excluding hydrogens is 1270 g/mol. The number of aromatic nitrogens is 4. The van der Waals surface area contributed by atoms with Crippen LogP contribution in [-0.4, -0.2) is 22.2 Å². The lowest BCUT2D eigenvalue weighted by Gasteiger charge is -2.42. The van der Waals surface area contributed by atoms with E-state index in [-0.39, 0.29) is 21.8 Å². The first-order valence-electron chi connectivity index (χ1n) is 43.6. The average molecular weight is 1360 g/mol. The molecule has 1 aliphatic carbocycles. The molecule has 496 valence electrons. The van der Waals surface area contributed by atoms with E-state index in [9.17, 15) is 20.6 Å². The van der Waals surface area contributed by atoms with Gasteiger partial charge in [0.25, 0.3) is 6.33 Å².